The van der Waals surface area contributed by atoms with Gasteiger partial charge in [-0.05, 0) is 18.9 Å². The molecule has 0 bridgehead atoms. The van der Waals surface area contributed by atoms with Crippen LogP contribution in [-0.2, 0) is 11.2 Å². The Hall–Kier alpha value is -2.43. The SMILES string of the molecule is CCc1cc(NC(C(=O)O)c2ccccc2)nc(C)n1. The van der Waals surface area contributed by atoms with Crippen LogP contribution in [0.2, 0.25) is 0 Å². The Morgan fingerprint density at radius 3 is 2.60 bits per heavy atom. The fourth-order valence-corrected chi connectivity index (χ4v) is 1.97. The van der Waals surface area contributed by atoms with Crippen molar-refractivity contribution in [3.05, 3.63) is 53.5 Å². The van der Waals surface area contributed by atoms with Gasteiger partial charge in [-0.25, -0.2) is 14.8 Å². The van der Waals surface area contributed by atoms with E-state index in [0.29, 0.717) is 17.2 Å². The van der Waals surface area contributed by atoms with E-state index in [-0.39, 0.29) is 0 Å². The van der Waals surface area contributed by atoms with Crippen molar-refractivity contribution < 1.29 is 9.90 Å². The molecule has 0 saturated heterocycles. The van der Waals surface area contributed by atoms with Crippen LogP contribution in [-0.4, -0.2) is 21.0 Å². The third-order valence-electron chi connectivity index (χ3n) is 2.93. The summed E-state index contributed by atoms with van der Waals surface area (Å²) in [5, 5.41) is 12.3. The van der Waals surface area contributed by atoms with E-state index in [1.807, 2.05) is 25.1 Å². The lowest BCUT2D eigenvalue weighted by Crippen LogP contribution is -2.21. The molecular weight excluding hydrogens is 254 g/mol. The Morgan fingerprint density at radius 1 is 1.30 bits per heavy atom. The van der Waals surface area contributed by atoms with Gasteiger partial charge in [0.2, 0.25) is 0 Å². The van der Waals surface area contributed by atoms with E-state index in [2.05, 4.69) is 15.3 Å². The van der Waals surface area contributed by atoms with E-state index in [4.69, 9.17) is 0 Å². The number of hydrogen-bond donors (Lipinski definition) is 2. The van der Waals surface area contributed by atoms with Gasteiger partial charge >= 0.3 is 5.97 Å². The fourth-order valence-electron chi connectivity index (χ4n) is 1.97. The van der Waals surface area contributed by atoms with Gasteiger partial charge in [-0.3, -0.25) is 0 Å². The van der Waals surface area contributed by atoms with Crippen LogP contribution >= 0.6 is 0 Å². The fraction of sp³-hybridized carbons (Fsp3) is 0.267. The monoisotopic (exact) mass is 271 g/mol. The van der Waals surface area contributed by atoms with Gasteiger partial charge in [0.25, 0.3) is 0 Å². The minimum atomic E-state index is -0.939. The van der Waals surface area contributed by atoms with Gasteiger partial charge in [-0.2, -0.15) is 0 Å². The molecule has 2 aromatic rings. The number of aliphatic carboxylic acids is 1. The highest BCUT2D eigenvalue weighted by Gasteiger charge is 2.20. The zero-order valence-corrected chi connectivity index (χ0v) is 11.5. The van der Waals surface area contributed by atoms with Crippen LogP contribution in [0.25, 0.3) is 0 Å². The maximum atomic E-state index is 11.4. The number of carbonyl (C=O) groups is 1. The summed E-state index contributed by atoms with van der Waals surface area (Å²) in [5.74, 6) is 0.222. The van der Waals surface area contributed by atoms with Gasteiger partial charge in [0.15, 0.2) is 6.04 Å². The van der Waals surface area contributed by atoms with Crippen molar-refractivity contribution in [3.63, 3.8) is 0 Å². The second-order valence-electron chi connectivity index (χ2n) is 4.47. The largest absolute Gasteiger partial charge is 0.479 e. The molecule has 1 aromatic carbocycles. The molecule has 1 atom stereocenters. The van der Waals surface area contributed by atoms with E-state index in [1.165, 1.54) is 0 Å². The van der Waals surface area contributed by atoms with E-state index in [0.717, 1.165) is 12.1 Å². The highest BCUT2D eigenvalue weighted by atomic mass is 16.4. The van der Waals surface area contributed by atoms with Crippen molar-refractivity contribution in [3.8, 4) is 0 Å². The predicted molar refractivity (Wildman–Crippen MR) is 76.6 cm³/mol. The number of nitrogens with zero attached hydrogens (tertiary/aromatic N) is 2. The van der Waals surface area contributed by atoms with Crippen molar-refractivity contribution in [1.29, 1.82) is 0 Å². The Morgan fingerprint density at radius 2 is 2.00 bits per heavy atom. The molecule has 0 saturated carbocycles. The smallest absolute Gasteiger partial charge is 0.330 e. The Bertz CT molecular complexity index is 599. The highest BCUT2D eigenvalue weighted by molar-refractivity contribution is 5.78. The van der Waals surface area contributed by atoms with Crippen LogP contribution in [0.4, 0.5) is 5.82 Å². The summed E-state index contributed by atoms with van der Waals surface area (Å²) >= 11 is 0. The van der Waals surface area contributed by atoms with Crippen LogP contribution in [0.5, 0.6) is 0 Å². The quantitative estimate of drug-likeness (QED) is 0.874. The lowest BCUT2D eigenvalue weighted by molar-refractivity contribution is -0.138. The standard InChI is InChI=1S/C15H17N3O2/c1-3-12-9-13(17-10(2)16-12)18-14(15(19)20)11-7-5-4-6-8-11/h4-9,14H,3H2,1-2H3,(H,19,20)(H,16,17,18). The minimum absolute atomic E-state index is 0.533. The lowest BCUT2D eigenvalue weighted by Gasteiger charge is -2.16. The minimum Gasteiger partial charge on any atom is -0.479 e. The van der Waals surface area contributed by atoms with Gasteiger partial charge < -0.3 is 10.4 Å². The summed E-state index contributed by atoms with van der Waals surface area (Å²) in [7, 11) is 0. The van der Waals surface area contributed by atoms with Gasteiger partial charge in [0.05, 0.1) is 0 Å². The number of hydrogen-bond acceptors (Lipinski definition) is 4. The van der Waals surface area contributed by atoms with Crippen LogP contribution in [0, 0.1) is 6.92 Å². The normalized spacial score (nSPS) is 11.9. The molecular formula is C15H17N3O2. The van der Waals surface area contributed by atoms with Crippen molar-refractivity contribution >= 4 is 11.8 Å². The molecule has 0 aliphatic carbocycles. The molecule has 2 rings (SSSR count). The lowest BCUT2D eigenvalue weighted by atomic mass is 10.1. The van der Waals surface area contributed by atoms with Crippen molar-refractivity contribution in [2.24, 2.45) is 0 Å². The van der Waals surface area contributed by atoms with Crippen LogP contribution in [0.1, 0.15) is 30.0 Å². The summed E-state index contributed by atoms with van der Waals surface area (Å²) in [5.41, 5.74) is 1.58. The summed E-state index contributed by atoms with van der Waals surface area (Å²) in [6.45, 7) is 3.79. The summed E-state index contributed by atoms with van der Waals surface area (Å²) in [4.78, 5) is 20.0. The van der Waals surface area contributed by atoms with Crippen molar-refractivity contribution in [2.75, 3.05) is 5.32 Å². The number of aryl methyl sites for hydroxylation is 2. The number of benzene rings is 1. The number of carboxylic acid groups (broad SMARTS) is 1. The molecule has 2 N–H and O–H groups in total. The second-order valence-corrected chi connectivity index (χ2v) is 4.47. The first-order valence-electron chi connectivity index (χ1n) is 6.49. The average molecular weight is 271 g/mol. The van der Waals surface area contributed by atoms with E-state index < -0.39 is 12.0 Å². The number of carboxylic acids is 1. The molecule has 0 aliphatic heterocycles. The maximum absolute atomic E-state index is 11.4. The number of nitrogens with one attached hydrogen (secondary N) is 1. The number of anilines is 1. The summed E-state index contributed by atoms with van der Waals surface area (Å²) in [6.07, 6.45) is 0.779. The van der Waals surface area contributed by atoms with E-state index in [9.17, 15) is 9.90 Å². The first-order chi connectivity index (χ1) is 9.60. The maximum Gasteiger partial charge on any atom is 0.330 e. The van der Waals surface area contributed by atoms with Gasteiger partial charge in [0.1, 0.15) is 11.6 Å². The zero-order valence-electron chi connectivity index (χ0n) is 11.5. The molecule has 0 spiro atoms. The highest BCUT2D eigenvalue weighted by Crippen LogP contribution is 2.19. The first-order valence-corrected chi connectivity index (χ1v) is 6.49. The number of aromatic nitrogens is 2. The van der Waals surface area contributed by atoms with E-state index >= 15 is 0 Å². The molecule has 20 heavy (non-hydrogen) atoms. The molecule has 104 valence electrons. The molecule has 0 amide bonds. The Kier molecular flexibility index (Phi) is 4.30. The summed E-state index contributed by atoms with van der Waals surface area (Å²) < 4.78 is 0. The van der Waals surface area contributed by atoms with Crippen LogP contribution in [0.3, 0.4) is 0 Å². The predicted octanol–water partition coefficient (Wildman–Crippen LogP) is 2.59. The second kappa shape index (κ2) is 6.14. The molecule has 5 nitrogen and oxygen atoms in total. The molecule has 1 aromatic heterocycles. The zero-order chi connectivity index (χ0) is 14.5. The topological polar surface area (TPSA) is 75.1 Å². The number of rotatable bonds is 5. The van der Waals surface area contributed by atoms with Crippen molar-refractivity contribution in [2.45, 2.75) is 26.3 Å². The summed E-state index contributed by atoms with van der Waals surface area (Å²) in [6, 6.07) is 10.0. The first kappa shape index (κ1) is 14.0. The molecule has 0 aliphatic rings. The molecule has 1 heterocycles. The molecule has 0 fully saturated rings. The average Bonchev–Trinajstić information content (AvgIpc) is 2.44. The third kappa shape index (κ3) is 3.32. The molecule has 5 heteroatoms. The Balaban J connectivity index is 2.29. The van der Waals surface area contributed by atoms with Gasteiger partial charge in [0, 0.05) is 11.8 Å². The van der Waals surface area contributed by atoms with Gasteiger partial charge in [-0.1, -0.05) is 37.3 Å². The van der Waals surface area contributed by atoms with Crippen LogP contribution in [0.15, 0.2) is 36.4 Å². The van der Waals surface area contributed by atoms with Crippen LogP contribution < -0.4 is 5.32 Å². The van der Waals surface area contributed by atoms with Crippen molar-refractivity contribution in [1.82, 2.24) is 9.97 Å². The molecule has 1 unspecified atom stereocenters. The van der Waals surface area contributed by atoms with Gasteiger partial charge in [-0.15, -0.1) is 0 Å². The molecule has 0 radical (unpaired) electrons. The third-order valence-corrected chi connectivity index (χ3v) is 2.93. The van der Waals surface area contributed by atoms with E-state index in [1.54, 1.807) is 25.1 Å². The Labute approximate surface area is 117 Å².